The molecule has 2 saturated heterocycles. The molecule has 1 atom stereocenters. The molecule has 0 radical (unpaired) electrons. The monoisotopic (exact) mass is 577 g/mol. The van der Waals surface area contributed by atoms with Crippen LogP contribution in [0.2, 0.25) is 5.02 Å². The van der Waals surface area contributed by atoms with Crippen molar-refractivity contribution >= 4 is 28.6 Å². The van der Waals surface area contributed by atoms with Gasteiger partial charge in [-0.25, -0.2) is 19.2 Å². The molecule has 4 aromatic rings. The number of benzene rings is 2. The van der Waals surface area contributed by atoms with Gasteiger partial charge in [0.2, 0.25) is 5.88 Å². The van der Waals surface area contributed by atoms with Gasteiger partial charge in [0.15, 0.2) is 0 Å². The number of hydrogen-bond donors (Lipinski definition) is 1. The highest BCUT2D eigenvalue weighted by Crippen LogP contribution is 2.30. The van der Waals surface area contributed by atoms with Gasteiger partial charge in [0, 0.05) is 40.9 Å². The molecule has 10 heteroatoms. The van der Waals surface area contributed by atoms with Crippen LogP contribution in [-0.2, 0) is 19.7 Å². The Labute approximate surface area is 243 Å². The fourth-order valence-corrected chi connectivity index (χ4v) is 5.92. The van der Waals surface area contributed by atoms with Crippen LogP contribution in [0.15, 0.2) is 54.6 Å². The molecule has 0 bridgehead atoms. The molecule has 4 heterocycles. The van der Waals surface area contributed by atoms with Crippen LogP contribution >= 0.6 is 11.6 Å². The lowest BCUT2D eigenvalue weighted by Gasteiger charge is -2.38. The summed E-state index contributed by atoms with van der Waals surface area (Å²) in [6.45, 7) is 4.49. The van der Waals surface area contributed by atoms with E-state index in [1.165, 1.54) is 6.07 Å². The molecule has 214 valence electrons. The second kappa shape index (κ2) is 11.8. The Kier molecular flexibility index (Phi) is 7.92. The third kappa shape index (κ3) is 6.07. The Morgan fingerprint density at radius 2 is 1.90 bits per heavy atom. The number of aromatic nitrogens is 3. The maximum atomic E-state index is 14.1. The Morgan fingerprint density at radius 1 is 1.07 bits per heavy atom. The van der Waals surface area contributed by atoms with Crippen molar-refractivity contribution in [1.29, 1.82) is 0 Å². The van der Waals surface area contributed by atoms with Crippen molar-refractivity contribution in [2.24, 2.45) is 0 Å². The number of fused-ring (bicyclic) bond motifs is 1. The van der Waals surface area contributed by atoms with Crippen LogP contribution in [0.25, 0.3) is 11.0 Å². The van der Waals surface area contributed by atoms with Gasteiger partial charge in [0.05, 0.1) is 23.1 Å². The van der Waals surface area contributed by atoms with E-state index in [2.05, 4.69) is 21.4 Å². The van der Waals surface area contributed by atoms with Crippen LogP contribution in [0, 0.1) is 5.82 Å². The second-order valence-electron chi connectivity index (χ2n) is 11.0. The average molecular weight is 578 g/mol. The molecule has 2 aliphatic heterocycles. The summed E-state index contributed by atoms with van der Waals surface area (Å²) in [5.74, 6) is 0.447. The van der Waals surface area contributed by atoms with Gasteiger partial charge >= 0.3 is 5.97 Å². The first kappa shape index (κ1) is 27.6. The van der Waals surface area contributed by atoms with Gasteiger partial charge < -0.3 is 19.3 Å². The molecule has 41 heavy (non-hydrogen) atoms. The van der Waals surface area contributed by atoms with Gasteiger partial charge in [0.25, 0.3) is 0 Å². The summed E-state index contributed by atoms with van der Waals surface area (Å²) in [6, 6.07) is 16.0. The fourth-order valence-electron chi connectivity index (χ4n) is 5.76. The fraction of sp³-hybridized carbons (Fsp3) is 0.387. The van der Waals surface area contributed by atoms with Gasteiger partial charge in [-0.05, 0) is 82.3 Å². The summed E-state index contributed by atoms with van der Waals surface area (Å²) in [7, 11) is 2.13. The number of aromatic carboxylic acids is 1. The number of imidazole rings is 1. The standard InChI is InChI=1S/C31H33ClFN5O3/c1-36-12-11-24(36)17-38-28-15-21(31(39)40)6-8-27(28)34-29(38)18-37-13-9-20(10-14-37)26-3-2-4-30(35-26)41-19-22-5-7-23(32)16-25(22)33/h2-8,15-16,20,24H,9-14,17-19H2,1H3,(H,39,40)/t24-/m1/s1. The molecule has 2 aromatic carbocycles. The number of rotatable bonds is 9. The number of ether oxygens (including phenoxy) is 1. The van der Waals surface area contributed by atoms with Crippen molar-refractivity contribution in [2.75, 3.05) is 26.7 Å². The number of halogens is 2. The Balaban J connectivity index is 1.11. The summed E-state index contributed by atoms with van der Waals surface area (Å²) in [5.41, 5.74) is 3.42. The largest absolute Gasteiger partial charge is 0.478 e. The Morgan fingerprint density at radius 3 is 2.61 bits per heavy atom. The minimum Gasteiger partial charge on any atom is -0.478 e. The quantitative estimate of drug-likeness (QED) is 0.278. The Bertz CT molecular complexity index is 1570. The van der Waals surface area contributed by atoms with Crippen molar-refractivity contribution in [3.63, 3.8) is 0 Å². The second-order valence-corrected chi connectivity index (χ2v) is 11.5. The SMILES string of the molecule is CN1CC[C@@H]1Cn1c(CN2CCC(c3cccc(OCc4ccc(Cl)cc4F)n3)CC2)nc2ccc(C(=O)O)cc21. The van der Waals surface area contributed by atoms with E-state index in [0.29, 0.717) is 35.0 Å². The van der Waals surface area contributed by atoms with Gasteiger partial charge in [-0.2, -0.15) is 0 Å². The number of carbonyl (C=O) groups is 1. The van der Waals surface area contributed by atoms with Crippen molar-refractivity contribution in [3.05, 3.63) is 88.1 Å². The molecular formula is C31H33ClFN5O3. The lowest BCUT2D eigenvalue weighted by molar-refractivity contribution is 0.0697. The molecular weight excluding hydrogens is 545 g/mol. The molecule has 2 aliphatic rings. The first-order valence-electron chi connectivity index (χ1n) is 14.0. The minimum atomic E-state index is -0.927. The topological polar surface area (TPSA) is 83.7 Å². The summed E-state index contributed by atoms with van der Waals surface area (Å²) in [4.78, 5) is 26.1. The molecule has 0 unspecified atom stereocenters. The molecule has 2 aromatic heterocycles. The zero-order valence-electron chi connectivity index (χ0n) is 23.0. The average Bonchev–Trinajstić information content (AvgIpc) is 3.31. The summed E-state index contributed by atoms with van der Waals surface area (Å²) in [6.07, 6.45) is 3.04. The summed E-state index contributed by atoms with van der Waals surface area (Å²) in [5, 5.41) is 9.90. The number of piperidine rings is 1. The molecule has 2 fully saturated rings. The molecule has 0 saturated carbocycles. The van der Waals surface area contributed by atoms with Gasteiger partial charge in [-0.1, -0.05) is 23.7 Å². The maximum Gasteiger partial charge on any atom is 0.335 e. The van der Waals surface area contributed by atoms with Crippen molar-refractivity contribution < 1.29 is 19.0 Å². The van der Waals surface area contributed by atoms with E-state index < -0.39 is 11.8 Å². The highest BCUT2D eigenvalue weighted by Gasteiger charge is 2.28. The molecule has 1 N–H and O–H groups in total. The van der Waals surface area contributed by atoms with E-state index in [-0.39, 0.29) is 12.2 Å². The number of pyridine rings is 1. The third-order valence-electron chi connectivity index (χ3n) is 8.41. The number of likely N-dealkylation sites (N-methyl/N-ethyl adjacent to an activating group) is 1. The van der Waals surface area contributed by atoms with Crippen LogP contribution in [0.4, 0.5) is 4.39 Å². The maximum absolute atomic E-state index is 14.1. The van der Waals surface area contributed by atoms with E-state index in [1.807, 2.05) is 18.2 Å². The van der Waals surface area contributed by atoms with Crippen LogP contribution in [0.1, 0.15) is 52.6 Å². The number of hydrogen-bond acceptors (Lipinski definition) is 6. The predicted molar refractivity (Wildman–Crippen MR) is 155 cm³/mol. The van der Waals surface area contributed by atoms with Gasteiger partial charge in [0.1, 0.15) is 18.2 Å². The van der Waals surface area contributed by atoms with Crippen LogP contribution in [-0.4, -0.2) is 68.1 Å². The van der Waals surface area contributed by atoms with E-state index in [0.717, 1.165) is 68.0 Å². The van der Waals surface area contributed by atoms with Crippen LogP contribution in [0.5, 0.6) is 5.88 Å². The lowest BCUT2D eigenvalue weighted by atomic mass is 9.93. The zero-order chi connectivity index (χ0) is 28.5. The smallest absolute Gasteiger partial charge is 0.335 e. The van der Waals surface area contributed by atoms with Crippen molar-refractivity contribution in [3.8, 4) is 5.88 Å². The van der Waals surface area contributed by atoms with Crippen molar-refractivity contribution in [2.45, 2.75) is 50.9 Å². The van der Waals surface area contributed by atoms with E-state index >= 15 is 0 Å². The first-order valence-corrected chi connectivity index (χ1v) is 14.4. The number of likely N-dealkylation sites (tertiary alicyclic amines) is 2. The van der Waals surface area contributed by atoms with E-state index in [4.69, 9.17) is 26.3 Å². The van der Waals surface area contributed by atoms with E-state index in [9.17, 15) is 14.3 Å². The highest BCUT2D eigenvalue weighted by molar-refractivity contribution is 6.30. The normalized spacial score (nSPS) is 18.5. The van der Waals surface area contributed by atoms with Crippen molar-refractivity contribution in [1.82, 2.24) is 24.3 Å². The summed E-state index contributed by atoms with van der Waals surface area (Å²) >= 11 is 5.85. The third-order valence-corrected chi connectivity index (χ3v) is 8.65. The van der Waals surface area contributed by atoms with Crippen LogP contribution < -0.4 is 4.74 Å². The molecule has 0 spiro atoms. The molecule has 8 nitrogen and oxygen atoms in total. The van der Waals surface area contributed by atoms with E-state index in [1.54, 1.807) is 30.3 Å². The van der Waals surface area contributed by atoms with Gasteiger partial charge in [-0.15, -0.1) is 0 Å². The Hall–Kier alpha value is -3.53. The number of nitrogens with zero attached hydrogens (tertiary/aromatic N) is 5. The first-order chi connectivity index (χ1) is 19.8. The predicted octanol–water partition coefficient (Wildman–Crippen LogP) is 5.58. The molecule has 0 amide bonds. The minimum absolute atomic E-state index is 0.0868. The lowest BCUT2D eigenvalue weighted by Crippen LogP contribution is -2.47. The molecule has 0 aliphatic carbocycles. The summed E-state index contributed by atoms with van der Waals surface area (Å²) < 4.78 is 22.2. The zero-order valence-corrected chi connectivity index (χ0v) is 23.7. The van der Waals surface area contributed by atoms with Gasteiger partial charge in [-0.3, -0.25) is 4.90 Å². The number of carboxylic acids is 1. The highest BCUT2D eigenvalue weighted by atomic mass is 35.5. The van der Waals surface area contributed by atoms with Crippen LogP contribution in [0.3, 0.4) is 0 Å². The number of carboxylic acid groups (broad SMARTS) is 1. The molecule has 6 rings (SSSR count).